The van der Waals surface area contributed by atoms with E-state index in [9.17, 15) is 23.7 Å². The van der Waals surface area contributed by atoms with Gasteiger partial charge >= 0.3 is 0 Å². The van der Waals surface area contributed by atoms with Crippen molar-refractivity contribution in [2.45, 2.75) is 31.2 Å². The number of rotatable bonds is 4. The molecule has 27 heavy (non-hydrogen) atoms. The Balaban J connectivity index is 1.38. The Morgan fingerprint density at radius 1 is 1.26 bits per heavy atom. The predicted molar refractivity (Wildman–Crippen MR) is 91.4 cm³/mol. The van der Waals surface area contributed by atoms with Crippen molar-refractivity contribution in [3.05, 3.63) is 52.0 Å². The number of carbonyl (C=O) groups excluding carboxylic acids is 1. The summed E-state index contributed by atoms with van der Waals surface area (Å²) in [7, 11) is 0. The van der Waals surface area contributed by atoms with E-state index >= 15 is 0 Å². The van der Waals surface area contributed by atoms with E-state index in [0.717, 1.165) is 18.0 Å². The third-order valence-electron chi connectivity index (χ3n) is 5.36. The van der Waals surface area contributed by atoms with Crippen molar-refractivity contribution in [3.63, 3.8) is 0 Å². The van der Waals surface area contributed by atoms with Crippen LogP contribution < -0.4 is 0 Å². The quantitative estimate of drug-likeness (QED) is 0.656. The van der Waals surface area contributed by atoms with Crippen LogP contribution in [-0.4, -0.2) is 44.8 Å². The largest absolute Gasteiger partial charge is 0.342 e. The molecule has 9 heteroatoms. The lowest BCUT2D eigenvalue weighted by Gasteiger charge is -2.31. The number of halogens is 2. The van der Waals surface area contributed by atoms with Gasteiger partial charge in [0.15, 0.2) is 11.6 Å². The van der Waals surface area contributed by atoms with Crippen LogP contribution in [0, 0.1) is 27.7 Å². The number of imidazole rings is 1. The summed E-state index contributed by atoms with van der Waals surface area (Å²) in [6.07, 6.45) is 3.32. The highest BCUT2D eigenvalue weighted by atomic mass is 19.2. The van der Waals surface area contributed by atoms with Gasteiger partial charge < -0.3 is 9.88 Å². The maximum absolute atomic E-state index is 13.4. The topological polar surface area (TPSA) is 92.1 Å². The second kappa shape index (κ2) is 6.71. The lowest BCUT2D eigenvalue weighted by Crippen LogP contribution is -2.39. The summed E-state index contributed by atoms with van der Waals surface area (Å²) in [5.74, 6) is -1.54. The van der Waals surface area contributed by atoms with E-state index in [4.69, 9.17) is 0 Å². The van der Waals surface area contributed by atoms with Crippen LogP contribution in [0.5, 0.6) is 0 Å². The molecule has 1 aliphatic carbocycles. The van der Waals surface area contributed by atoms with Crippen molar-refractivity contribution in [2.75, 3.05) is 13.1 Å². The SMILES string of the molecule is O=C([C@H]1C[C@H]1[N+](=O)[O-])N1CCC(c2ncc(-c3ccc(F)c(F)c3)[nH]2)CC1. The number of benzene rings is 1. The fourth-order valence-electron chi connectivity index (χ4n) is 3.64. The van der Waals surface area contributed by atoms with Gasteiger partial charge in [-0.15, -0.1) is 0 Å². The summed E-state index contributed by atoms with van der Waals surface area (Å²) >= 11 is 0. The van der Waals surface area contributed by atoms with Crippen molar-refractivity contribution < 1.29 is 18.5 Å². The third-order valence-corrected chi connectivity index (χ3v) is 5.36. The van der Waals surface area contributed by atoms with E-state index in [1.54, 1.807) is 11.1 Å². The summed E-state index contributed by atoms with van der Waals surface area (Å²) in [4.78, 5) is 31.9. The number of nitro groups is 1. The second-order valence-electron chi connectivity index (χ2n) is 7.11. The smallest absolute Gasteiger partial charge is 0.232 e. The normalized spacial score (nSPS) is 22.7. The zero-order valence-corrected chi connectivity index (χ0v) is 14.4. The predicted octanol–water partition coefficient (Wildman–Crippen LogP) is 2.73. The monoisotopic (exact) mass is 376 g/mol. The molecular formula is C18H18F2N4O3. The Hall–Kier alpha value is -2.84. The Bertz CT molecular complexity index is 892. The minimum absolute atomic E-state index is 0.124. The molecule has 142 valence electrons. The Morgan fingerprint density at radius 2 is 2.00 bits per heavy atom. The molecule has 0 spiro atoms. The first kappa shape index (κ1) is 17.6. The van der Waals surface area contributed by atoms with E-state index < -0.39 is 23.6 Å². The Morgan fingerprint density at radius 3 is 2.63 bits per heavy atom. The van der Waals surface area contributed by atoms with Crippen LogP contribution in [0.4, 0.5) is 8.78 Å². The molecule has 2 aliphatic rings. The molecule has 0 unspecified atom stereocenters. The number of nitrogens with zero attached hydrogens (tertiary/aromatic N) is 3. The van der Waals surface area contributed by atoms with Gasteiger partial charge in [-0.3, -0.25) is 14.9 Å². The maximum atomic E-state index is 13.4. The van der Waals surface area contributed by atoms with E-state index in [-0.39, 0.29) is 16.7 Å². The minimum Gasteiger partial charge on any atom is -0.342 e. The fourth-order valence-corrected chi connectivity index (χ4v) is 3.64. The first-order valence-corrected chi connectivity index (χ1v) is 8.86. The highest BCUT2D eigenvalue weighted by molar-refractivity contribution is 5.82. The number of hydrogen-bond donors (Lipinski definition) is 1. The summed E-state index contributed by atoms with van der Waals surface area (Å²) < 4.78 is 26.5. The zero-order chi connectivity index (χ0) is 19.1. The van der Waals surface area contributed by atoms with Crippen LogP contribution in [0.1, 0.15) is 31.0 Å². The first-order valence-electron chi connectivity index (χ1n) is 8.86. The molecule has 7 nitrogen and oxygen atoms in total. The molecule has 1 aromatic carbocycles. The summed E-state index contributed by atoms with van der Waals surface area (Å²) in [5.41, 5.74) is 1.12. The molecule has 0 radical (unpaired) electrons. The average molecular weight is 376 g/mol. The second-order valence-corrected chi connectivity index (χ2v) is 7.11. The summed E-state index contributed by atoms with van der Waals surface area (Å²) in [5, 5.41) is 10.7. The molecule has 1 N–H and O–H groups in total. The molecule has 1 aromatic heterocycles. The van der Waals surface area contributed by atoms with Crippen molar-refractivity contribution in [1.29, 1.82) is 0 Å². The van der Waals surface area contributed by atoms with E-state index in [1.165, 1.54) is 6.07 Å². The average Bonchev–Trinajstić information content (AvgIpc) is 3.33. The number of aromatic amines is 1. The molecule has 2 fully saturated rings. The Labute approximate surface area is 153 Å². The van der Waals surface area contributed by atoms with Crippen LogP contribution in [0.15, 0.2) is 24.4 Å². The molecule has 1 saturated heterocycles. The molecule has 1 saturated carbocycles. The van der Waals surface area contributed by atoms with Gasteiger partial charge in [0.05, 0.1) is 11.9 Å². The zero-order valence-electron chi connectivity index (χ0n) is 14.4. The van der Waals surface area contributed by atoms with Crippen molar-refractivity contribution >= 4 is 5.91 Å². The minimum atomic E-state index is -0.913. The molecule has 2 aromatic rings. The van der Waals surface area contributed by atoms with E-state index in [0.29, 0.717) is 43.6 Å². The van der Waals surface area contributed by atoms with E-state index in [1.807, 2.05) is 0 Å². The molecule has 2 atom stereocenters. The maximum Gasteiger partial charge on any atom is 0.232 e. The number of aromatic nitrogens is 2. The molecule has 2 heterocycles. The van der Waals surface area contributed by atoms with Crippen LogP contribution >= 0.6 is 0 Å². The van der Waals surface area contributed by atoms with Gasteiger partial charge in [0, 0.05) is 35.9 Å². The highest BCUT2D eigenvalue weighted by Crippen LogP contribution is 2.36. The number of hydrogen-bond acceptors (Lipinski definition) is 4. The molecular weight excluding hydrogens is 358 g/mol. The number of carbonyl (C=O) groups is 1. The van der Waals surface area contributed by atoms with Crippen LogP contribution in [0.25, 0.3) is 11.3 Å². The first-order chi connectivity index (χ1) is 12.9. The van der Waals surface area contributed by atoms with Crippen LogP contribution in [0.3, 0.4) is 0 Å². The van der Waals surface area contributed by atoms with Gasteiger partial charge in [-0.05, 0) is 31.0 Å². The number of amides is 1. The molecule has 1 amide bonds. The van der Waals surface area contributed by atoms with Gasteiger partial charge in [-0.25, -0.2) is 13.8 Å². The standard InChI is InChI=1S/C18H18F2N4O3/c19-13-2-1-11(7-14(13)20)15-9-21-17(22-15)10-3-5-23(6-4-10)18(25)12-8-16(12)24(26)27/h1-2,7,9-10,12,16H,3-6,8H2,(H,21,22)/t12-,16+/m0/s1. The summed E-state index contributed by atoms with van der Waals surface area (Å²) in [6.45, 7) is 1.07. The van der Waals surface area contributed by atoms with Gasteiger partial charge in [0.25, 0.3) is 0 Å². The fraction of sp³-hybridized carbons (Fsp3) is 0.444. The number of likely N-dealkylation sites (tertiary alicyclic amines) is 1. The highest BCUT2D eigenvalue weighted by Gasteiger charge is 2.54. The van der Waals surface area contributed by atoms with Crippen LogP contribution in [0.2, 0.25) is 0 Å². The summed E-state index contributed by atoms with van der Waals surface area (Å²) in [6, 6.07) is 2.96. The molecule has 0 bridgehead atoms. The lowest BCUT2D eigenvalue weighted by molar-refractivity contribution is -0.497. The van der Waals surface area contributed by atoms with Gasteiger partial charge in [-0.1, -0.05) is 0 Å². The van der Waals surface area contributed by atoms with Gasteiger partial charge in [0.1, 0.15) is 11.7 Å². The molecule has 4 rings (SSSR count). The Kier molecular flexibility index (Phi) is 4.37. The molecule has 1 aliphatic heterocycles. The van der Waals surface area contributed by atoms with E-state index in [2.05, 4.69) is 9.97 Å². The lowest BCUT2D eigenvalue weighted by atomic mass is 9.96. The van der Waals surface area contributed by atoms with Gasteiger partial charge in [-0.2, -0.15) is 0 Å². The number of H-pyrrole nitrogens is 1. The van der Waals surface area contributed by atoms with Crippen molar-refractivity contribution in [1.82, 2.24) is 14.9 Å². The number of nitrogens with one attached hydrogen (secondary N) is 1. The number of piperidine rings is 1. The van der Waals surface area contributed by atoms with Crippen molar-refractivity contribution in [3.8, 4) is 11.3 Å². The van der Waals surface area contributed by atoms with Crippen molar-refractivity contribution in [2.24, 2.45) is 5.92 Å². The van der Waals surface area contributed by atoms with Gasteiger partial charge in [0.2, 0.25) is 11.9 Å². The third kappa shape index (κ3) is 3.41. The van der Waals surface area contributed by atoms with Crippen LogP contribution in [-0.2, 0) is 4.79 Å².